The number of esters is 1. The predicted octanol–water partition coefficient (Wildman–Crippen LogP) is -1.14. The first kappa shape index (κ1) is 20.3. The summed E-state index contributed by atoms with van der Waals surface area (Å²) in [6.07, 6.45) is 0. The minimum absolute atomic E-state index is 0.00854. The highest BCUT2D eigenvalue weighted by atomic mass is 31.2. The summed E-state index contributed by atoms with van der Waals surface area (Å²) in [7, 11) is -3.44. The van der Waals surface area contributed by atoms with Gasteiger partial charge in [-0.2, -0.15) is 0 Å². The van der Waals surface area contributed by atoms with Crippen LogP contribution in [0, 0.1) is 0 Å². The molecule has 1 atom stereocenters. The van der Waals surface area contributed by atoms with Gasteiger partial charge in [-0.1, -0.05) is 48.5 Å². The molecule has 2 rings (SSSR count). The molecule has 8 heteroatoms. The Morgan fingerprint density at radius 1 is 1.08 bits per heavy atom. The molecule has 140 valence electrons. The summed E-state index contributed by atoms with van der Waals surface area (Å²) in [5.74, 6) is -0.857. The lowest BCUT2D eigenvalue weighted by Gasteiger charge is -2.31. The zero-order valence-corrected chi connectivity index (χ0v) is 15.3. The van der Waals surface area contributed by atoms with Gasteiger partial charge in [0, 0.05) is 18.0 Å². The highest BCUT2D eigenvalue weighted by Crippen LogP contribution is 2.28. The molecule has 1 N–H and O–H groups in total. The summed E-state index contributed by atoms with van der Waals surface area (Å²) in [4.78, 5) is 35.8. The molecule has 26 heavy (non-hydrogen) atoms. The zero-order chi connectivity index (χ0) is 19.0. The van der Waals surface area contributed by atoms with Crippen LogP contribution in [0.4, 0.5) is 0 Å². The molecule has 0 aliphatic carbocycles. The van der Waals surface area contributed by atoms with Crippen LogP contribution in [0.3, 0.4) is 0 Å². The molecule has 2 aromatic carbocycles. The van der Waals surface area contributed by atoms with E-state index in [0.717, 1.165) is 16.5 Å². The van der Waals surface area contributed by atoms with Crippen molar-refractivity contribution < 1.29 is 33.5 Å². The maximum Gasteiger partial charge on any atom is 0.367 e. The first-order valence-corrected chi connectivity index (χ1v) is 9.63. The molecule has 0 fully saturated rings. The number of rotatable bonds is 9. The zero-order valence-electron chi connectivity index (χ0n) is 14.4. The lowest BCUT2D eigenvalue weighted by Crippen LogP contribution is -3.12. The number of carbonyl (C=O) groups excluding carboxylic acids is 1. The highest BCUT2D eigenvalue weighted by Gasteiger charge is 2.18. The van der Waals surface area contributed by atoms with Crippen molar-refractivity contribution in [2.24, 2.45) is 0 Å². The molecule has 0 bridgehead atoms. The molecule has 0 heterocycles. The van der Waals surface area contributed by atoms with E-state index in [9.17, 15) is 19.1 Å². The third-order valence-electron chi connectivity index (χ3n) is 3.74. The summed E-state index contributed by atoms with van der Waals surface area (Å²) in [5, 5.41) is -0.519. The second-order valence-electron chi connectivity index (χ2n) is 5.77. The fourth-order valence-electron chi connectivity index (χ4n) is 2.50. The number of methoxy groups -OCH3 is 1. The van der Waals surface area contributed by atoms with E-state index in [2.05, 4.69) is 0 Å². The second kappa shape index (κ2) is 9.62. The Morgan fingerprint density at radius 2 is 1.73 bits per heavy atom. The number of nitrogens with one attached hydrogen (secondary N) is 1. The summed E-state index contributed by atoms with van der Waals surface area (Å²) in [6.45, 7) is 1.63. The fraction of sp³-hybridized carbons (Fsp3) is 0.278. The van der Waals surface area contributed by atoms with E-state index in [0.29, 0.717) is 19.7 Å². The van der Waals surface area contributed by atoms with Crippen LogP contribution in [-0.4, -0.2) is 32.8 Å². The molecule has 0 aliphatic rings. The van der Waals surface area contributed by atoms with Gasteiger partial charge in [0.1, 0.15) is 18.8 Å². The van der Waals surface area contributed by atoms with Crippen LogP contribution in [0.1, 0.15) is 5.56 Å². The third kappa shape index (κ3) is 6.37. The van der Waals surface area contributed by atoms with Crippen molar-refractivity contribution in [1.29, 1.82) is 0 Å². The number of hydrogen-bond acceptors (Lipinski definition) is 6. The largest absolute Gasteiger partial charge is 0.807 e. The van der Waals surface area contributed by atoms with E-state index in [-0.39, 0.29) is 12.3 Å². The topological polar surface area (TPSA) is 103 Å². The van der Waals surface area contributed by atoms with Crippen molar-refractivity contribution in [3.8, 4) is 5.75 Å². The Labute approximate surface area is 152 Å². The van der Waals surface area contributed by atoms with Gasteiger partial charge in [-0.3, -0.25) is 0 Å². The number of quaternary nitrogens is 1. The molecular weight excluding hydrogens is 357 g/mol. The SMILES string of the molecule is COCC[NH+](CC(=O)Oc1ccccc1P(=O)([O-])[O-])Cc1ccccc1. The van der Waals surface area contributed by atoms with Crippen LogP contribution in [0.15, 0.2) is 54.6 Å². The van der Waals surface area contributed by atoms with E-state index < -0.39 is 18.9 Å². The Hall–Kier alpha value is -2.02. The Balaban J connectivity index is 2.06. The maximum atomic E-state index is 12.3. The Bertz CT molecular complexity index is 761. The van der Waals surface area contributed by atoms with Gasteiger partial charge in [0.15, 0.2) is 6.54 Å². The molecule has 0 saturated heterocycles. The van der Waals surface area contributed by atoms with Gasteiger partial charge in [-0.05, 0) is 13.7 Å². The molecule has 0 amide bonds. The number of para-hydroxylation sites is 1. The minimum atomic E-state index is -5.02. The lowest BCUT2D eigenvalue weighted by atomic mass is 10.2. The van der Waals surface area contributed by atoms with Gasteiger partial charge < -0.3 is 28.7 Å². The van der Waals surface area contributed by atoms with Crippen molar-refractivity contribution in [1.82, 2.24) is 0 Å². The molecule has 0 saturated carbocycles. The van der Waals surface area contributed by atoms with Crippen LogP contribution in [0.25, 0.3) is 0 Å². The van der Waals surface area contributed by atoms with Gasteiger partial charge in [0.05, 0.1) is 6.61 Å². The average molecular weight is 378 g/mol. The quantitative estimate of drug-likeness (QED) is 0.336. The molecule has 0 aliphatic heterocycles. The Kier molecular flexibility index (Phi) is 7.50. The number of carbonyl (C=O) groups is 1. The summed E-state index contributed by atoms with van der Waals surface area (Å²) in [5.41, 5.74) is 1.05. The minimum Gasteiger partial charge on any atom is -0.807 e. The van der Waals surface area contributed by atoms with Crippen molar-refractivity contribution in [3.63, 3.8) is 0 Å². The molecule has 1 unspecified atom stereocenters. The van der Waals surface area contributed by atoms with Gasteiger partial charge >= 0.3 is 5.97 Å². The van der Waals surface area contributed by atoms with Crippen LogP contribution in [0.2, 0.25) is 0 Å². The predicted molar refractivity (Wildman–Crippen MR) is 92.0 cm³/mol. The maximum absolute atomic E-state index is 12.3. The van der Waals surface area contributed by atoms with Crippen molar-refractivity contribution in [2.75, 3.05) is 26.8 Å². The number of hydrogen-bond donors (Lipinski definition) is 1. The van der Waals surface area contributed by atoms with Crippen LogP contribution < -0.4 is 24.7 Å². The molecule has 7 nitrogen and oxygen atoms in total. The number of benzene rings is 2. The van der Waals surface area contributed by atoms with E-state index >= 15 is 0 Å². The molecule has 0 radical (unpaired) electrons. The summed E-state index contributed by atoms with van der Waals surface area (Å²) in [6, 6.07) is 15.0. The van der Waals surface area contributed by atoms with Crippen LogP contribution in [0.5, 0.6) is 5.75 Å². The van der Waals surface area contributed by atoms with Gasteiger partial charge in [0.2, 0.25) is 0 Å². The van der Waals surface area contributed by atoms with Crippen LogP contribution in [-0.2, 0) is 20.6 Å². The van der Waals surface area contributed by atoms with Crippen molar-refractivity contribution in [2.45, 2.75) is 6.54 Å². The fourth-order valence-corrected chi connectivity index (χ4v) is 3.16. The third-order valence-corrected chi connectivity index (χ3v) is 4.69. The van der Waals surface area contributed by atoms with E-state index in [4.69, 9.17) is 9.47 Å². The Morgan fingerprint density at radius 3 is 2.38 bits per heavy atom. The second-order valence-corrected chi connectivity index (χ2v) is 7.25. The van der Waals surface area contributed by atoms with E-state index in [1.54, 1.807) is 7.11 Å². The summed E-state index contributed by atoms with van der Waals surface area (Å²) < 4.78 is 21.5. The lowest BCUT2D eigenvalue weighted by molar-refractivity contribution is -0.906. The average Bonchev–Trinajstić information content (AvgIpc) is 2.60. The normalized spacial score (nSPS) is 12.6. The standard InChI is InChI=1S/C18H22NO6P/c1-24-12-11-19(13-15-7-3-2-4-8-15)14-18(20)25-16-9-5-6-10-17(16)26(21,22)23/h2-10H,11-14H2,1H3,(H2,21,22,23)/p-1. The molecule has 0 spiro atoms. The van der Waals surface area contributed by atoms with Crippen molar-refractivity contribution >= 4 is 18.9 Å². The van der Waals surface area contributed by atoms with Crippen LogP contribution >= 0.6 is 7.60 Å². The molecule has 2 aromatic rings. The van der Waals surface area contributed by atoms with E-state index in [1.165, 1.54) is 18.2 Å². The van der Waals surface area contributed by atoms with Gasteiger partial charge in [-0.25, -0.2) is 4.79 Å². The van der Waals surface area contributed by atoms with Crippen molar-refractivity contribution in [3.05, 3.63) is 60.2 Å². The summed E-state index contributed by atoms with van der Waals surface area (Å²) >= 11 is 0. The van der Waals surface area contributed by atoms with Gasteiger partial charge in [-0.15, -0.1) is 0 Å². The first-order chi connectivity index (χ1) is 12.4. The molecular formula is C18H21NO6P-. The monoisotopic (exact) mass is 378 g/mol. The molecule has 0 aromatic heterocycles. The first-order valence-electron chi connectivity index (χ1n) is 8.09. The van der Waals surface area contributed by atoms with Gasteiger partial charge in [0.25, 0.3) is 0 Å². The number of ether oxygens (including phenoxy) is 2. The highest BCUT2D eigenvalue weighted by molar-refractivity contribution is 7.57. The smallest absolute Gasteiger partial charge is 0.367 e. The van der Waals surface area contributed by atoms with E-state index in [1.807, 2.05) is 30.3 Å².